The highest BCUT2D eigenvalue weighted by atomic mass is 16.2. The lowest BCUT2D eigenvalue weighted by Gasteiger charge is -2.42. The summed E-state index contributed by atoms with van der Waals surface area (Å²) in [5, 5.41) is 3.43. The number of carbonyl (C=O) groups excluding carboxylic acids is 1. The van der Waals surface area contributed by atoms with E-state index >= 15 is 0 Å². The summed E-state index contributed by atoms with van der Waals surface area (Å²) >= 11 is 0. The van der Waals surface area contributed by atoms with Gasteiger partial charge in [-0.3, -0.25) is 9.69 Å². The Morgan fingerprint density at radius 2 is 2.11 bits per heavy atom. The molecule has 0 aromatic heterocycles. The van der Waals surface area contributed by atoms with Crippen LogP contribution >= 0.6 is 0 Å². The van der Waals surface area contributed by atoms with Gasteiger partial charge in [-0.05, 0) is 39.2 Å². The van der Waals surface area contributed by atoms with E-state index in [1.165, 1.54) is 32.2 Å². The van der Waals surface area contributed by atoms with Crippen LogP contribution in [0, 0.1) is 0 Å². The highest BCUT2D eigenvalue weighted by molar-refractivity contribution is 5.77. The molecule has 3 fully saturated rings. The van der Waals surface area contributed by atoms with Crippen LogP contribution in [0.2, 0.25) is 0 Å². The van der Waals surface area contributed by atoms with E-state index in [2.05, 4.69) is 22.0 Å². The van der Waals surface area contributed by atoms with Crippen LogP contribution < -0.4 is 5.32 Å². The number of hydrogen-bond donors (Lipinski definition) is 1. The molecule has 1 amide bonds. The van der Waals surface area contributed by atoms with Crippen LogP contribution in [-0.2, 0) is 4.79 Å². The van der Waals surface area contributed by atoms with Crippen LogP contribution in [0.25, 0.3) is 0 Å². The van der Waals surface area contributed by atoms with Crippen molar-refractivity contribution in [1.82, 2.24) is 15.1 Å². The van der Waals surface area contributed by atoms with Crippen molar-refractivity contribution in [1.29, 1.82) is 0 Å². The molecule has 2 aliphatic heterocycles. The zero-order chi connectivity index (χ0) is 12.5. The zero-order valence-electron chi connectivity index (χ0n) is 11.4. The second-order valence-corrected chi connectivity index (χ2v) is 6.16. The summed E-state index contributed by atoms with van der Waals surface area (Å²) < 4.78 is 0. The molecule has 2 saturated heterocycles. The highest BCUT2D eigenvalue weighted by Gasteiger charge is 2.36. The van der Waals surface area contributed by atoms with E-state index in [-0.39, 0.29) is 0 Å². The fourth-order valence-electron chi connectivity index (χ4n) is 3.35. The van der Waals surface area contributed by atoms with E-state index in [1.54, 1.807) is 0 Å². The third-order valence-electron chi connectivity index (χ3n) is 4.61. The first-order valence-electron chi connectivity index (χ1n) is 7.51. The number of piperazine rings is 1. The second kappa shape index (κ2) is 5.17. The van der Waals surface area contributed by atoms with Crippen molar-refractivity contribution in [3.63, 3.8) is 0 Å². The molecule has 0 spiro atoms. The monoisotopic (exact) mass is 251 g/mol. The molecule has 4 nitrogen and oxygen atoms in total. The molecular formula is C14H25N3O. The molecule has 1 aliphatic carbocycles. The molecule has 102 valence electrons. The molecule has 3 aliphatic rings. The maximum absolute atomic E-state index is 12.3. The van der Waals surface area contributed by atoms with Gasteiger partial charge in [0.25, 0.3) is 0 Å². The summed E-state index contributed by atoms with van der Waals surface area (Å²) in [7, 11) is 0. The molecule has 0 bridgehead atoms. The fourth-order valence-corrected chi connectivity index (χ4v) is 3.35. The molecule has 2 atom stereocenters. The van der Waals surface area contributed by atoms with Crippen molar-refractivity contribution >= 4 is 5.91 Å². The minimum Gasteiger partial charge on any atom is -0.337 e. The first-order chi connectivity index (χ1) is 8.74. The van der Waals surface area contributed by atoms with Crippen LogP contribution in [-0.4, -0.2) is 60.0 Å². The van der Waals surface area contributed by atoms with Gasteiger partial charge in [0.2, 0.25) is 5.91 Å². The fraction of sp³-hybridized carbons (Fsp3) is 0.929. The molecule has 2 unspecified atom stereocenters. The first-order valence-corrected chi connectivity index (χ1v) is 7.51. The van der Waals surface area contributed by atoms with Gasteiger partial charge < -0.3 is 10.2 Å². The lowest BCUT2D eigenvalue weighted by molar-refractivity contribution is -0.136. The summed E-state index contributed by atoms with van der Waals surface area (Å²) in [6, 6.07) is 1.75. The predicted molar refractivity (Wildman–Crippen MR) is 71.4 cm³/mol. The van der Waals surface area contributed by atoms with E-state index in [9.17, 15) is 4.79 Å². The van der Waals surface area contributed by atoms with Crippen molar-refractivity contribution < 1.29 is 4.79 Å². The molecular weight excluding hydrogens is 226 g/mol. The Morgan fingerprint density at radius 3 is 2.89 bits per heavy atom. The number of nitrogens with zero attached hydrogens (tertiary/aromatic N) is 2. The molecule has 2 heterocycles. The molecule has 0 aromatic rings. The number of nitrogens with one attached hydrogen (secondary N) is 1. The number of fused-ring (bicyclic) bond motifs is 1. The van der Waals surface area contributed by atoms with Crippen LogP contribution in [0.5, 0.6) is 0 Å². The van der Waals surface area contributed by atoms with Gasteiger partial charge in [0.05, 0.1) is 0 Å². The largest absolute Gasteiger partial charge is 0.337 e. The van der Waals surface area contributed by atoms with Crippen LogP contribution in [0.3, 0.4) is 0 Å². The van der Waals surface area contributed by atoms with Crippen molar-refractivity contribution in [2.75, 3.05) is 26.2 Å². The first kappa shape index (κ1) is 12.4. The topological polar surface area (TPSA) is 35.6 Å². The Hall–Kier alpha value is -0.610. The number of rotatable bonds is 4. The van der Waals surface area contributed by atoms with Gasteiger partial charge in [-0.25, -0.2) is 0 Å². The normalized spacial score (nSPS) is 32.6. The van der Waals surface area contributed by atoms with Gasteiger partial charge in [-0.1, -0.05) is 0 Å². The Bertz CT molecular complexity index is 316. The van der Waals surface area contributed by atoms with E-state index in [1.807, 2.05) is 0 Å². The standard InChI is InChI=1S/C14H25N3O/c1-11-9-16-8-2-3-13(16)10-17(11)14(18)6-7-15-12-4-5-12/h11-13,15H,2-10H2,1H3. The third-order valence-corrected chi connectivity index (χ3v) is 4.61. The maximum atomic E-state index is 12.3. The van der Waals surface area contributed by atoms with Crippen molar-refractivity contribution in [2.24, 2.45) is 0 Å². The smallest absolute Gasteiger partial charge is 0.224 e. The summed E-state index contributed by atoms with van der Waals surface area (Å²) in [4.78, 5) is 17.0. The van der Waals surface area contributed by atoms with Gasteiger partial charge in [0.15, 0.2) is 0 Å². The summed E-state index contributed by atoms with van der Waals surface area (Å²) in [6.07, 6.45) is 5.85. The van der Waals surface area contributed by atoms with Gasteiger partial charge in [-0.2, -0.15) is 0 Å². The molecule has 0 radical (unpaired) electrons. The lowest BCUT2D eigenvalue weighted by Crippen LogP contribution is -2.57. The van der Waals surface area contributed by atoms with Crippen molar-refractivity contribution in [2.45, 2.75) is 57.2 Å². The van der Waals surface area contributed by atoms with Gasteiger partial charge in [0.1, 0.15) is 0 Å². The Labute approximate surface area is 110 Å². The minimum absolute atomic E-state index is 0.349. The lowest BCUT2D eigenvalue weighted by atomic mass is 10.1. The zero-order valence-corrected chi connectivity index (χ0v) is 11.4. The van der Waals surface area contributed by atoms with Crippen LogP contribution in [0.15, 0.2) is 0 Å². The number of amides is 1. The van der Waals surface area contributed by atoms with Crippen molar-refractivity contribution in [3.8, 4) is 0 Å². The molecule has 4 heteroatoms. The predicted octanol–water partition coefficient (Wildman–Crippen LogP) is 0.824. The van der Waals surface area contributed by atoms with Crippen LogP contribution in [0.4, 0.5) is 0 Å². The second-order valence-electron chi connectivity index (χ2n) is 6.16. The molecule has 18 heavy (non-hydrogen) atoms. The highest BCUT2D eigenvalue weighted by Crippen LogP contribution is 2.25. The van der Waals surface area contributed by atoms with E-state index in [0.717, 1.165) is 19.6 Å². The Morgan fingerprint density at radius 1 is 1.28 bits per heavy atom. The SMILES string of the molecule is CC1CN2CCCC2CN1C(=O)CCNC1CC1. The van der Waals surface area contributed by atoms with Crippen LogP contribution in [0.1, 0.15) is 39.0 Å². The Balaban J connectivity index is 1.48. The van der Waals surface area contributed by atoms with E-state index in [4.69, 9.17) is 0 Å². The molecule has 1 saturated carbocycles. The third kappa shape index (κ3) is 2.69. The van der Waals surface area contributed by atoms with Gasteiger partial charge in [-0.15, -0.1) is 0 Å². The quantitative estimate of drug-likeness (QED) is 0.803. The number of hydrogen-bond acceptors (Lipinski definition) is 3. The van der Waals surface area contributed by atoms with E-state index in [0.29, 0.717) is 30.5 Å². The summed E-state index contributed by atoms with van der Waals surface area (Å²) in [5.41, 5.74) is 0. The molecule has 1 N–H and O–H groups in total. The molecule has 0 aromatic carbocycles. The summed E-state index contributed by atoms with van der Waals surface area (Å²) in [6.45, 7) is 6.33. The maximum Gasteiger partial charge on any atom is 0.224 e. The van der Waals surface area contributed by atoms with Gasteiger partial charge >= 0.3 is 0 Å². The summed E-state index contributed by atoms with van der Waals surface area (Å²) in [5.74, 6) is 0.349. The van der Waals surface area contributed by atoms with E-state index < -0.39 is 0 Å². The molecule has 3 rings (SSSR count). The average molecular weight is 251 g/mol. The van der Waals surface area contributed by atoms with Gasteiger partial charge in [0, 0.05) is 44.2 Å². The average Bonchev–Trinajstić information content (AvgIpc) is 3.05. The van der Waals surface area contributed by atoms with Crippen molar-refractivity contribution in [3.05, 3.63) is 0 Å². The Kier molecular flexibility index (Phi) is 3.57. The number of carbonyl (C=O) groups is 1. The minimum atomic E-state index is 0.349.